The average molecular weight is 539 g/mol. The Morgan fingerprint density at radius 3 is 0.920 bits per heavy atom. The summed E-state index contributed by atoms with van der Waals surface area (Å²) in [4.78, 5) is 0. The van der Waals surface area contributed by atoms with Crippen molar-refractivity contribution in [1.29, 1.82) is 0 Å². The van der Waals surface area contributed by atoms with E-state index in [1.165, 1.54) is 63.2 Å². The minimum absolute atomic E-state index is 0. The van der Waals surface area contributed by atoms with Gasteiger partial charge in [0.05, 0.1) is 22.7 Å². The number of hydrogen-bond donors (Lipinski definition) is 2. The Bertz CT molecular complexity index is 412. The normalized spacial score (nSPS) is 10.9. The van der Waals surface area contributed by atoms with Gasteiger partial charge in [0.15, 0.2) is 0 Å². The van der Waals surface area contributed by atoms with Crippen LogP contribution in [0.25, 0.3) is 0 Å². The molecular weight excluding hydrogens is 526 g/mol. The van der Waals surface area contributed by atoms with Crippen LogP contribution in [-0.4, -0.2) is 116 Å². The van der Waals surface area contributed by atoms with Gasteiger partial charge in [0.1, 0.15) is 0 Å². The Morgan fingerprint density at radius 1 is 0.880 bits per heavy atom. The van der Waals surface area contributed by atoms with Gasteiger partial charge in [-0.15, -0.1) is 0 Å². The van der Waals surface area contributed by atoms with Gasteiger partial charge in [-0.1, -0.05) is 14.9 Å². The van der Waals surface area contributed by atoms with Gasteiger partial charge in [-0.25, -0.2) is 8.42 Å². The number of hydrogen-bond acceptors (Lipinski definition) is 14. The zero-order valence-corrected chi connectivity index (χ0v) is 23.9. The Hall–Kier alpha value is 4.71. The summed E-state index contributed by atoms with van der Waals surface area (Å²) >= 11 is -3.26. The van der Waals surface area contributed by atoms with Crippen molar-refractivity contribution < 1.29 is 127 Å². The molecule has 23 heteroatoms. The molecule has 0 amide bonds. The molecule has 2 atom stereocenters. The Morgan fingerprint density at radius 2 is 0.920 bits per heavy atom. The molecule has 0 radical (unpaired) electrons. The van der Waals surface area contributed by atoms with Crippen LogP contribution in [0.4, 0.5) is 0 Å². The summed E-state index contributed by atoms with van der Waals surface area (Å²) in [5.74, 6) is 0. The molecule has 0 bridgehead atoms. The van der Waals surface area contributed by atoms with Crippen molar-refractivity contribution in [2.75, 3.05) is 0 Å². The van der Waals surface area contributed by atoms with E-state index in [0.29, 0.717) is 0 Å². The number of rotatable bonds is 2. The van der Waals surface area contributed by atoms with Crippen LogP contribution < -0.4 is 61.9 Å². The molecule has 0 aromatic carbocycles. The van der Waals surface area contributed by atoms with E-state index < -0.39 is 43.5 Å². The Balaban J connectivity index is -0.0000000139. The van der Waals surface area contributed by atoms with Crippen LogP contribution in [0, 0.1) is 0 Å². The van der Waals surface area contributed by atoms with Crippen LogP contribution in [0.1, 0.15) is 19.1 Å². The summed E-state index contributed by atoms with van der Waals surface area (Å²) in [5, 5.41) is 17.0. The van der Waals surface area contributed by atoms with Crippen molar-refractivity contribution in [3.8, 4) is 0 Å². The predicted octanol–water partition coefficient (Wildman–Crippen LogP) is -7.99. The van der Waals surface area contributed by atoms with Gasteiger partial charge >= 0.3 is 128 Å². The molecule has 0 aromatic rings. The first-order valence-electron chi connectivity index (χ1n) is 3.70. The Kier molecular flexibility index (Phi) is 75.0. The van der Waals surface area contributed by atoms with Gasteiger partial charge < -0.3 is 38.8 Å². The molecular formula is C2H13K3O16S4-4. The van der Waals surface area contributed by atoms with E-state index >= 15 is 0 Å². The standard InChI is InChI=1S/2CH4.3K.4H2O4S.H/c;;;;;2*1-5(2,3)4;2*1-4-5(2)3;/h2*1H4;;;;2*(H2,1,2,3,4);2*1H,(H,2,3);/q;;;;+1;;;;;-1/p-4. The molecule has 0 saturated carbocycles. The van der Waals surface area contributed by atoms with Crippen LogP contribution in [0.3, 0.4) is 0 Å². The van der Waals surface area contributed by atoms with Crippen LogP contribution in [0.15, 0.2) is 0 Å². The molecule has 16 nitrogen and oxygen atoms in total. The van der Waals surface area contributed by atoms with Crippen molar-refractivity contribution in [1.82, 2.24) is 0 Å². The molecule has 25 heavy (non-hydrogen) atoms. The first-order valence-corrected chi connectivity index (χ1v) is 24.4. The van der Waals surface area contributed by atoms with Gasteiger partial charge in [-0.3, -0.25) is 17.5 Å². The summed E-state index contributed by atoms with van der Waals surface area (Å²) in [7, 11) is -9.83. The maximum atomic E-state index is 8.83. The van der Waals surface area contributed by atoms with Gasteiger partial charge in [0.25, 0.3) is 0 Å². The summed E-state index contributed by atoms with van der Waals surface area (Å²) in [6.07, 6.45) is 0. The molecule has 0 saturated heterocycles. The van der Waals surface area contributed by atoms with Crippen molar-refractivity contribution in [2.45, 2.75) is 14.9 Å². The van der Waals surface area contributed by atoms with E-state index in [9.17, 15) is 0 Å². The molecule has 0 rings (SSSR count). The molecule has 0 heterocycles. The van der Waals surface area contributed by atoms with Crippen molar-refractivity contribution >= 4 is 107 Å². The fourth-order valence-electron chi connectivity index (χ4n) is 0. The zero-order valence-electron chi connectivity index (χ0n) is 14.2. The van der Waals surface area contributed by atoms with E-state index in [1.807, 2.05) is 0 Å². The first kappa shape index (κ1) is 52.0. The van der Waals surface area contributed by atoms with E-state index in [-0.39, 0.29) is 70.5 Å². The quantitative estimate of drug-likeness (QED) is 0.0822. The second-order valence-corrected chi connectivity index (χ2v) is 4.20. The topological polar surface area (TPSA) is 300 Å². The van der Waals surface area contributed by atoms with Crippen molar-refractivity contribution in [3.05, 3.63) is 0 Å². The van der Waals surface area contributed by atoms with E-state index in [4.69, 9.17) is 63.1 Å². The molecule has 2 unspecified atom stereocenters. The first-order chi connectivity index (χ1) is 9.54. The van der Waals surface area contributed by atoms with Crippen LogP contribution in [0.5, 0.6) is 0 Å². The van der Waals surface area contributed by atoms with Crippen LogP contribution >= 0.6 is 0 Å². The molecule has 2 N–H and O–H groups in total. The average Bonchev–Trinajstić information content (AvgIpc) is 2.28. The third-order valence-electron chi connectivity index (χ3n) is 0.111. The maximum absolute atomic E-state index is 8.83. The Labute approximate surface area is 242 Å². The molecule has 0 aromatic heterocycles. The third kappa shape index (κ3) is 270. The van der Waals surface area contributed by atoms with Crippen LogP contribution in [0.2, 0.25) is 0 Å². The van der Waals surface area contributed by atoms with Crippen LogP contribution in [-0.2, 0) is 52.2 Å². The summed E-state index contributed by atoms with van der Waals surface area (Å²) < 4.78 is 106. The minimum atomic E-state index is -5.17. The van der Waals surface area contributed by atoms with Gasteiger partial charge in [-0.2, -0.15) is 8.42 Å². The van der Waals surface area contributed by atoms with Crippen molar-refractivity contribution in [2.24, 2.45) is 0 Å². The predicted molar refractivity (Wildman–Crippen MR) is 73.0 cm³/mol. The van der Waals surface area contributed by atoms with E-state index in [1.54, 1.807) is 0 Å². The summed E-state index contributed by atoms with van der Waals surface area (Å²) in [5.41, 5.74) is 0. The monoisotopic (exact) mass is 538 g/mol. The van der Waals surface area contributed by atoms with Gasteiger partial charge in [0, 0.05) is 10.4 Å². The fraction of sp³-hybridized carbons (Fsp3) is 1.00. The summed E-state index contributed by atoms with van der Waals surface area (Å²) in [6, 6.07) is 0. The van der Waals surface area contributed by atoms with Gasteiger partial charge in [-0.05, 0) is 0 Å². The second kappa shape index (κ2) is 36.1. The second-order valence-electron chi connectivity index (χ2n) is 1.40. The van der Waals surface area contributed by atoms with E-state index in [2.05, 4.69) is 8.67 Å². The molecule has 0 aliphatic rings. The summed E-state index contributed by atoms with van der Waals surface area (Å²) in [6.45, 7) is 0. The third-order valence-corrected chi connectivity index (χ3v) is 0.333. The molecule has 148 valence electrons. The van der Waals surface area contributed by atoms with E-state index in [0.717, 1.165) is 0 Å². The van der Waals surface area contributed by atoms with Crippen molar-refractivity contribution in [3.63, 3.8) is 0 Å². The SMILES string of the molecule is C.C.O=S(=O)(O)O.O=S(=O)([O-])[O-].O=S([O-])O[O-].O=S([O-])O[O-].[H+].[H+].[H-].[K+].[K][K]. The molecule has 0 aliphatic heterocycles. The van der Waals surface area contributed by atoms with Gasteiger partial charge in [0.2, 0.25) is 0 Å². The fourth-order valence-corrected chi connectivity index (χ4v) is 0. The molecule has 0 spiro atoms. The molecule has 0 aliphatic carbocycles. The zero-order chi connectivity index (χ0) is 19.6. The molecule has 0 fully saturated rings.